The van der Waals surface area contributed by atoms with Crippen molar-refractivity contribution in [1.82, 2.24) is 14.9 Å². The second-order valence-electron chi connectivity index (χ2n) is 13.0. The highest BCUT2D eigenvalue weighted by atomic mass is 32.2. The molecule has 9 nitrogen and oxygen atoms in total. The van der Waals surface area contributed by atoms with E-state index in [2.05, 4.69) is 14.9 Å². The van der Waals surface area contributed by atoms with E-state index >= 15 is 0 Å². The molecular formula is C28H36F2N4O5S. The van der Waals surface area contributed by atoms with E-state index in [0.717, 1.165) is 39.0 Å². The third-order valence-electron chi connectivity index (χ3n) is 9.50. The number of carbonyl (C=O) groups excluding carboxylic acids is 1. The monoisotopic (exact) mass is 578 g/mol. The summed E-state index contributed by atoms with van der Waals surface area (Å²) in [6.07, 6.45) is 6.72. The molecule has 5 aliphatic rings. The van der Waals surface area contributed by atoms with Crippen molar-refractivity contribution in [2.45, 2.75) is 106 Å². The van der Waals surface area contributed by atoms with Crippen LogP contribution in [0.1, 0.15) is 89.8 Å². The third kappa shape index (κ3) is 5.18. The summed E-state index contributed by atoms with van der Waals surface area (Å²) in [6.45, 7) is 2.88. The molecule has 2 aromatic rings. The van der Waals surface area contributed by atoms with Crippen LogP contribution in [0.25, 0.3) is 0 Å². The van der Waals surface area contributed by atoms with Crippen LogP contribution >= 0.6 is 0 Å². The molecule has 5 saturated carbocycles. The molecule has 7 rings (SSSR count). The zero-order valence-corrected chi connectivity index (χ0v) is 23.6. The summed E-state index contributed by atoms with van der Waals surface area (Å²) in [5, 5.41) is 14.2. The molecule has 0 atom stereocenters. The van der Waals surface area contributed by atoms with Gasteiger partial charge in [-0.05, 0) is 94.7 Å². The summed E-state index contributed by atoms with van der Waals surface area (Å²) in [6, 6.07) is 6.50. The average molecular weight is 579 g/mol. The number of aliphatic hydroxyl groups is 1. The maximum absolute atomic E-state index is 13.8. The van der Waals surface area contributed by atoms with Gasteiger partial charge < -0.3 is 14.5 Å². The highest BCUT2D eigenvalue weighted by Crippen LogP contribution is 2.58. The van der Waals surface area contributed by atoms with Crippen molar-refractivity contribution in [1.29, 1.82) is 0 Å². The molecule has 218 valence electrons. The maximum atomic E-state index is 13.8. The average Bonchev–Trinajstić information content (AvgIpc) is 3.53. The number of fused-ring (bicyclic) bond motifs is 3. The Kier molecular flexibility index (Phi) is 6.43. The Labute approximate surface area is 232 Å². The van der Waals surface area contributed by atoms with Gasteiger partial charge in [-0.1, -0.05) is 11.2 Å². The number of hydrogen-bond donors (Lipinski definition) is 2. The van der Waals surface area contributed by atoms with Crippen molar-refractivity contribution in [2.75, 3.05) is 11.4 Å². The van der Waals surface area contributed by atoms with Crippen LogP contribution in [0.3, 0.4) is 0 Å². The van der Waals surface area contributed by atoms with E-state index in [9.17, 15) is 27.1 Å². The first-order valence-corrected chi connectivity index (χ1v) is 15.6. The number of benzene rings is 1. The van der Waals surface area contributed by atoms with E-state index < -0.39 is 32.9 Å². The van der Waals surface area contributed by atoms with Crippen molar-refractivity contribution in [2.24, 2.45) is 11.3 Å². The maximum Gasteiger partial charge on any atom is 0.322 e. The summed E-state index contributed by atoms with van der Waals surface area (Å²) < 4.78 is 61.0. The second kappa shape index (κ2) is 9.29. The molecule has 1 heterocycles. The Morgan fingerprint density at radius 3 is 2.38 bits per heavy atom. The molecule has 1 aromatic heterocycles. The zero-order chi connectivity index (χ0) is 28.6. The fraction of sp³-hybridized carbons (Fsp3) is 0.679. The lowest BCUT2D eigenvalue weighted by Gasteiger charge is -2.54. The number of amides is 1. The van der Waals surface area contributed by atoms with Crippen LogP contribution in [-0.4, -0.2) is 47.8 Å². The van der Waals surface area contributed by atoms with Gasteiger partial charge in [0, 0.05) is 36.5 Å². The van der Waals surface area contributed by atoms with E-state index in [1.165, 1.54) is 6.07 Å². The summed E-state index contributed by atoms with van der Waals surface area (Å²) in [5.41, 5.74) is -0.970. The topological polar surface area (TPSA) is 126 Å². The number of alkyl halides is 2. The minimum atomic E-state index is -3.71. The lowest BCUT2D eigenvalue weighted by molar-refractivity contribution is -0.137. The molecule has 1 amide bonds. The van der Waals surface area contributed by atoms with E-state index in [0.29, 0.717) is 50.2 Å². The highest BCUT2D eigenvalue weighted by molar-refractivity contribution is 7.89. The molecule has 2 N–H and O–H groups in total. The molecule has 0 aliphatic heterocycles. The first-order valence-electron chi connectivity index (χ1n) is 14.1. The van der Waals surface area contributed by atoms with Crippen molar-refractivity contribution in [3.05, 3.63) is 36.0 Å². The number of sulfonamides is 1. The molecular weight excluding hydrogens is 542 g/mol. The van der Waals surface area contributed by atoms with Gasteiger partial charge in [0.15, 0.2) is 5.82 Å². The summed E-state index contributed by atoms with van der Waals surface area (Å²) in [7, 11) is -3.71. The quantitative estimate of drug-likeness (QED) is 0.452. The molecule has 5 aliphatic carbocycles. The Morgan fingerprint density at radius 2 is 1.82 bits per heavy atom. The van der Waals surface area contributed by atoms with Gasteiger partial charge in [0.2, 0.25) is 15.9 Å². The molecule has 1 aromatic carbocycles. The lowest BCUT2D eigenvalue weighted by atomic mass is 9.53. The number of nitrogens with zero attached hydrogens (tertiary/aromatic N) is 3. The molecule has 0 saturated heterocycles. The highest BCUT2D eigenvalue weighted by Gasteiger charge is 2.54. The van der Waals surface area contributed by atoms with Crippen LogP contribution in [0, 0.1) is 11.3 Å². The number of carbonyl (C=O) groups is 1. The molecule has 0 spiro atoms. The van der Waals surface area contributed by atoms with Gasteiger partial charge in [0.05, 0.1) is 10.5 Å². The first-order chi connectivity index (χ1) is 18.7. The Balaban J connectivity index is 1.25. The first kappa shape index (κ1) is 27.7. The van der Waals surface area contributed by atoms with Gasteiger partial charge in [0.25, 0.3) is 5.89 Å². The van der Waals surface area contributed by atoms with Crippen LogP contribution in [0.5, 0.6) is 0 Å². The molecule has 5 fully saturated rings. The van der Waals surface area contributed by atoms with Gasteiger partial charge in [0.1, 0.15) is 0 Å². The molecule has 40 heavy (non-hydrogen) atoms. The van der Waals surface area contributed by atoms with Crippen molar-refractivity contribution in [3.63, 3.8) is 0 Å². The number of halogens is 2. The van der Waals surface area contributed by atoms with Crippen molar-refractivity contribution < 1.29 is 31.6 Å². The predicted octanol–water partition coefficient (Wildman–Crippen LogP) is 4.41. The SMILES string of the molecule is CC1(O)CC(C(=O)N(CC23CCC(c4noc(C(C)(F)F)n4)(CC2)CC3)c2cccc(S(=O)(=O)NC3CC3)c2)C1. The van der Waals surface area contributed by atoms with Gasteiger partial charge in [-0.15, -0.1) is 0 Å². The summed E-state index contributed by atoms with van der Waals surface area (Å²) >= 11 is 0. The van der Waals surface area contributed by atoms with Crippen LogP contribution in [0.2, 0.25) is 0 Å². The predicted molar refractivity (Wildman–Crippen MR) is 141 cm³/mol. The summed E-state index contributed by atoms with van der Waals surface area (Å²) in [5.74, 6) is -3.98. The minimum Gasteiger partial charge on any atom is -0.390 e. The van der Waals surface area contributed by atoms with E-state index in [1.54, 1.807) is 30.0 Å². The molecule has 2 bridgehead atoms. The van der Waals surface area contributed by atoms with E-state index in [4.69, 9.17) is 4.52 Å². The number of rotatable bonds is 9. The van der Waals surface area contributed by atoms with Crippen molar-refractivity contribution >= 4 is 21.6 Å². The Hall–Kier alpha value is -2.44. The van der Waals surface area contributed by atoms with Crippen LogP contribution < -0.4 is 9.62 Å². The zero-order valence-electron chi connectivity index (χ0n) is 22.8. The van der Waals surface area contributed by atoms with Gasteiger partial charge in [-0.3, -0.25) is 4.79 Å². The third-order valence-corrected chi connectivity index (χ3v) is 11.0. The van der Waals surface area contributed by atoms with E-state index in [-0.39, 0.29) is 28.2 Å². The largest absolute Gasteiger partial charge is 0.390 e. The van der Waals surface area contributed by atoms with Gasteiger partial charge in [-0.25, -0.2) is 13.1 Å². The second-order valence-corrected chi connectivity index (χ2v) is 14.7. The molecule has 12 heteroatoms. The van der Waals surface area contributed by atoms with Crippen LogP contribution in [0.15, 0.2) is 33.7 Å². The number of aromatic nitrogens is 2. The molecule has 0 radical (unpaired) electrons. The minimum absolute atomic E-state index is 0.0360. The van der Waals surface area contributed by atoms with Gasteiger partial charge >= 0.3 is 5.92 Å². The lowest BCUT2D eigenvalue weighted by Crippen LogP contribution is -2.54. The van der Waals surface area contributed by atoms with Crippen LogP contribution in [-0.2, 0) is 26.2 Å². The number of hydrogen-bond acceptors (Lipinski definition) is 7. The molecule has 0 unspecified atom stereocenters. The number of nitrogens with one attached hydrogen (secondary N) is 1. The normalized spacial score (nSPS) is 32.1. The Morgan fingerprint density at radius 1 is 1.18 bits per heavy atom. The summed E-state index contributed by atoms with van der Waals surface area (Å²) in [4.78, 5) is 19.7. The number of anilines is 1. The Bertz CT molecular complexity index is 1380. The van der Waals surface area contributed by atoms with Crippen LogP contribution in [0.4, 0.5) is 14.5 Å². The van der Waals surface area contributed by atoms with Crippen molar-refractivity contribution in [3.8, 4) is 0 Å². The fourth-order valence-corrected chi connectivity index (χ4v) is 8.13. The van der Waals surface area contributed by atoms with Gasteiger partial charge in [-0.2, -0.15) is 13.8 Å². The fourth-order valence-electron chi connectivity index (χ4n) is 6.79. The standard InChI is InChI=1S/C28H36F2N4O5S/c1-25(36)15-18(16-25)22(35)34(20-4-3-5-21(14-20)40(37,38)33-19-6-7-19)17-27-8-11-28(12-9-27,13-10-27)23-31-24(39-32-23)26(2,29)30/h3-5,14,18-19,33,36H,6-13,15-17H2,1-2H3. The van der Waals surface area contributed by atoms with E-state index in [1.807, 2.05) is 0 Å². The smallest absolute Gasteiger partial charge is 0.322 e.